The normalized spacial score (nSPS) is 18.7. The molecule has 11 heteroatoms. The Morgan fingerprint density at radius 1 is 1.02 bits per heavy atom. The van der Waals surface area contributed by atoms with Crippen LogP contribution in [0.4, 0.5) is 19.9 Å². The molecule has 0 bridgehead atoms. The summed E-state index contributed by atoms with van der Waals surface area (Å²) in [5.74, 6) is 0.868. The van der Waals surface area contributed by atoms with Gasteiger partial charge in [-0.25, -0.2) is 23.9 Å². The fourth-order valence-electron chi connectivity index (χ4n) is 5.94. The van der Waals surface area contributed by atoms with Crippen LogP contribution in [0, 0.1) is 18.7 Å². The van der Waals surface area contributed by atoms with Gasteiger partial charge in [0.2, 0.25) is 5.95 Å². The average Bonchev–Trinajstić information content (AvgIpc) is 3.44. The number of nitrogens with one attached hydrogen (secondary N) is 1. The second kappa shape index (κ2) is 14.8. The van der Waals surface area contributed by atoms with Gasteiger partial charge in [0.1, 0.15) is 18.0 Å². The van der Waals surface area contributed by atoms with Crippen LogP contribution in [0.15, 0.2) is 60.9 Å². The molecule has 2 aromatic carbocycles. The number of anilines is 1. The van der Waals surface area contributed by atoms with E-state index in [2.05, 4.69) is 15.3 Å². The van der Waals surface area contributed by atoms with Crippen molar-refractivity contribution in [3.8, 4) is 5.75 Å². The summed E-state index contributed by atoms with van der Waals surface area (Å²) in [5, 5.41) is 2.94. The molecular weight excluding hydrogens is 589 g/mol. The van der Waals surface area contributed by atoms with Crippen molar-refractivity contribution in [2.24, 2.45) is 5.92 Å². The number of hydrogen-bond donors (Lipinski definition) is 1. The van der Waals surface area contributed by atoms with E-state index in [0.717, 1.165) is 30.4 Å². The standard InChI is InChI=1S/C35H44FN5O5/c1-24-10-11-30(36)28(18-24)29-21-41(22-31(29)39-33(42)46-35(2,3)4)32-37-19-27(20-38-32)44-17-14-25-12-15-40(16-13-25)34(43)45-23-26-8-6-5-7-9-26/h5-11,18-20,25,29,31H,12-17,21-23H2,1-4H3,(H,39,42)/t29-,31+/m1/s1. The van der Waals surface area contributed by atoms with Gasteiger partial charge in [-0.05, 0) is 70.1 Å². The third-order valence-electron chi connectivity index (χ3n) is 8.34. The van der Waals surface area contributed by atoms with E-state index in [4.69, 9.17) is 14.2 Å². The molecule has 3 aromatic rings. The van der Waals surface area contributed by atoms with Crippen molar-refractivity contribution >= 4 is 18.1 Å². The average molecular weight is 634 g/mol. The molecule has 10 nitrogen and oxygen atoms in total. The summed E-state index contributed by atoms with van der Waals surface area (Å²) in [6, 6.07) is 14.3. The predicted molar refractivity (Wildman–Crippen MR) is 172 cm³/mol. The number of ether oxygens (including phenoxy) is 3. The second-order valence-corrected chi connectivity index (χ2v) is 13.1. The maximum absolute atomic E-state index is 14.9. The highest BCUT2D eigenvalue weighted by molar-refractivity contribution is 5.69. The molecule has 0 radical (unpaired) electrons. The summed E-state index contributed by atoms with van der Waals surface area (Å²) >= 11 is 0. The first-order chi connectivity index (χ1) is 22.0. The Kier molecular flexibility index (Phi) is 10.6. The fraction of sp³-hybridized carbons (Fsp3) is 0.486. The van der Waals surface area contributed by atoms with Crippen molar-refractivity contribution < 1.29 is 28.2 Å². The van der Waals surface area contributed by atoms with Crippen molar-refractivity contribution in [1.29, 1.82) is 0 Å². The lowest BCUT2D eigenvalue weighted by atomic mass is 9.92. The first kappa shape index (κ1) is 33.0. The first-order valence-corrected chi connectivity index (χ1v) is 15.9. The summed E-state index contributed by atoms with van der Waals surface area (Å²) < 4.78 is 31.9. The molecule has 46 heavy (non-hydrogen) atoms. The molecule has 0 saturated carbocycles. The van der Waals surface area contributed by atoms with Crippen LogP contribution in [-0.4, -0.2) is 71.5 Å². The third kappa shape index (κ3) is 9.08. The number of alkyl carbamates (subject to hydrolysis) is 1. The minimum Gasteiger partial charge on any atom is -0.490 e. The number of hydrogen-bond acceptors (Lipinski definition) is 8. The second-order valence-electron chi connectivity index (χ2n) is 13.1. The maximum atomic E-state index is 14.9. The van der Waals surface area contributed by atoms with Gasteiger partial charge in [0.25, 0.3) is 0 Å². The fourth-order valence-corrected chi connectivity index (χ4v) is 5.94. The molecule has 2 aliphatic heterocycles. The van der Waals surface area contributed by atoms with Gasteiger partial charge in [0, 0.05) is 32.1 Å². The highest BCUT2D eigenvalue weighted by atomic mass is 19.1. The van der Waals surface area contributed by atoms with E-state index in [1.54, 1.807) is 44.1 Å². The van der Waals surface area contributed by atoms with E-state index in [-0.39, 0.29) is 24.4 Å². The van der Waals surface area contributed by atoms with Crippen molar-refractivity contribution in [3.63, 3.8) is 0 Å². The molecular formula is C35H44FN5O5. The van der Waals surface area contributed by atoms with Gasteiger partial charge < -0.3 is 29.3 Å². The van der Waals surface area contributed by atoms with Crippen LogP contribution in [0.3, 0.4) is 0 Å². The molecule has 2 atom stereocenters. The number of carbonyl (C=O) groups is 2. The van der Waals surface area contributed by atoms with Crippen molar-refractivity contribution in [2.75, 3.05) is 37.7 Å². The van der Waals surface area contributed by atoms with E-state index >= 15 is 0 Å². The van der Waals surface area contributed by atoms with Crippen LogP contribution in [0.5, 0.6) is 5.75 Å². The Balaban J connectivity index is 1.10. The zero-order valence-corrected chi connectivity index (χ0v) is 27.1. The molecule has 246 valence electrons. The molecule has 0 spiro atoms. The van der Waals surface area contributed by atoms with Crippen LogP contribution in [-0.2, 0) is 16.1 Å². The smallest absolute Gasteiger partial charge is 0.410 e. The van der Waals surface area contributed by atoms with Crippen LogP contribution >= 0.6 is 0 Å². The van der Waals surface area contributed by atoms with E-state index in [9.17, 15) is 14.0 Å². The number of halogens is 1. The Morgan fingerprint density at radius 3 is 2.43 bits per heavy atom. The van der Waals surface area contributed by atoms with Crippen molar-refractivity contribution in [1.82, 2.24) is 20.2 Å². The maximum Gasteiger partial charge on any atom is 0.410 e. The number of piperidine rings is 1. The Hall–Kier alpha value is -4.41. The predicted octanol–water partition coefficient (Wildman–Crippen LogP) is 6.24. The molecule has 2 aliphatic rings. The van der Waals surface area contributed by atoms with E-state index in [1.807, 2.05) is 48.2 Å². The summed E-state index contributed by atoms with van der Waals surface area (Å²) in [6.07, 6.45) is 5.13. The number of nitrogens with zero attached hydrogens (tertiary/aromatic N) is 4. The number of carbonyl (C=O) groups excluding carboxylic acids is 2. The summed E-state index contributed by atoms with van der Waals surface area (Å²) in [7, 11) is 0. The number of benzene rings is 2. The molecule has 1 N–H and O–H groups in total. The molecule has 1 aromatic heterocycles. The topological polar surface area (TPSA) is 106 Å². The van der Waals surface area contributed by atoms with Gasteiger partial charge in [-0.15, -0.1) is 0 Å². The zero-order chi connectivity index (χ0) is 32.7. The van der Waals surface area contributed by atoms with E-state index in [1.165, 1.54) is 6.07 Å². The third-order valence-corrected chi connectivity index (χ3v) is 8.34. The van der Waals surface area contributed by atoms with Crippen LogP contribution in [0.1, 0.15) is 62.6 Å². The number of aryl methyl sites for hydroxylation is 1. The Bertz CT molecular complexity index is 1460. The highest BCUT2D eigenvalue weighted by Gasteiger charge is 2.38. The van der Waals surface area contributed by atoms with Gasteiger partial charge in [0.15, 0.2) is 5.75 Å². The van der Waals surface area contributed by atoms with Gasteiger partial charge in [0.05, 0.1) is 25.0 Å². The number of amides is 2. The van der Waals surface area contributed by atoms with Gasteiger partial charge in [-0.2, -0.15) is 0 Å². The minimum atomic E-state index is -0.653. The quantitative estimate of drug-likeness (QED) is 0.295. The molecule has 2 saturated heterocycles. The molecule has 0 unspecified atom stereocenters. The SMILES string of the molecule is Cc1ccc(F)c([C@H]2CN(c3ncc(OCCC4CCN(C(=O)OCc5ccccc5)CC4)cn3)C[C@@H]2NC(=O)OC(C)(C)C)c1. The van der Waals surface area contributed by atoms with Crippen molar-refractivity contribution in [2.45, 2.75) is 71.1 Å². The van der Waals surface area contributed by atoms with E-state index in [0.29, 0.717) is 56.0 Å². The largest absolute Gasteiger partial charge is 0.490 e. The van der Waals surface area contributed by atoms with Crippen molar-refractivity contribution in [3.05, 3.63) is 83.4 Å². The lowest BCUT2D eigenvalue weighted by molar-refractivity contribution is 0.0504. The molecule has 2 amide bonds. The number of rotatable bonds is 9. The zero-order valence-electron chi connectivity index (χ0n) is 27.1. The monoisotopic (exact) mass is 633 g/mol. The van der Waals surface area contributed by atoms with Gasteiger partial charge in [-0.3, -0.25) is 0 Å². The van der Waals surface area contributed by atoms with Crippen LogP contribution in [0.25, 0.3) is 0 Å². The summed E-state index contributed by atoms with van der Waals surface area (Å²) in [4.78, 5) is 37.9. The first-order valence-electron chi connectivity index (χ1n) is 15.9. The van der Waals surface area contributed by atoms with Gasteiger partial charge >= 0.3 is 12.2 Å². The van der Waals surface area contributed by atoms with Crippen LogP contribution < -0.4 is 15.0 Å². The van der Waals surface area contributed by atoms with E-state index < -0.39 is 17.7 Å². The molecule has 3 heterocycles. The van der Waals surface area contributed by atoms with Gasteiger partial charge in [-0.1, -0.05) is 48.0 Å². The summed E-state index contributed by atoms with van der Waals surface area (Å²) in [6.45, 7) is 10.3. The Labute approximate surface area is 270 Å². The number of aromatic nitrogens is 2. The lowest BCUT2D eigenvalue weighted by Gasteiger charge is -2.31. The molecule has 5 rings (SSSR count). The Morgan fingerprint density at radius 2 is 1.74 bits per heavy atom. The lowest BCUT2D eigenvalue weighted by Crippen LogP contribution is -2.43. The molecule has 2 fully saturated rings. The highest BCUT2D eigenvalue weighted by Crippen LogP contribution is 2.32. The number of likely N-dealkylation sites (tertiary alicyclic amines) is 1. The summed E-state index contributed by atoms with van der Waals surface area (Å²) in [5.41, 5.74) is 1.80. The molecule has 0 aliphatic carbocycles. The minimum absolute atomic E-state index is 0.268. The van der Waals surface area contributed by atoms with Crippen LogP contribution in [0.2, 0.25) is 0 Å².